The van der Waals surface area contributed by atoms with Gasteiger partial charge in [0, 0.05) is 18.4 Å². The van der Waals surface area contributed by atoms with Gasteiger partial charge in [-0.3, -0.25) is 9.48 Å². The second kappa shape index (κ2) is 12.1. The van der Waals surface area contributed by atoms with Crippen LogP contribution in [0, 0.1) is 5.82 Å². The predicted molar refractivity (Wildman–Crippen MR) is 108 cm³/mol. The van der Waals surface area contributed by atoms with Crippen LogP contribution in [0.4, 0.5) is 26.3 Å². The van der Waals surface area contributed by atoms with E-state index in [1.807, 2.05) is 11.7 Å². The third-order valence-electron chi connectivity index (χ3n) is 3.73. The van der Waals surface area contributed by atoms with Crippen molar-refractivity contribution in [3.63, 3.8) is 0 Å². The van der Waals surface area contributed by atoms with Gasteiger partial charge in [-0.05, 0) is 44.3 Å². The summed E-state index contributed by atoms with van der Waals surface area (Å²) in [6, 6.07) is 12.1. The molecule has 0 saturated heterocycles. The number of nitrogens with one attached hydrogen (secondary N) is 1. The molecule has 176 valence electrons. The summed E-state index contributed by atoms with van der Waals surface area (Å²) >= 11 is 0. The van der Waals surface area contributed by atoms with Crippen molar-refractivity contribution in [2.75, 3.05) is 7.05 Å². The van der Waals surface area contributed by atoms with Gasteiger partial charge in [-0.25, -0.2) is 4.39 Å². The van der Waals surface area contributed by atoms with E-state index in [1.54, 1.807) is 18.3 Å². The minimum atomic E-state index is -4.60. The molecule has 1 aromatic heterocycles. The molecule has 1 unspecified atom stereocenters. The van der Waals surface area contributed by atoms with Crippen molar-refractivity contribution >= 4 is 17.2 Å². The fourth-order valence-corrected chi connectivity index (χ4v) is 2.18. The first-order valence-corrected chi connectivity index (χ1v) is 9.28. The van der Waals surface area contributed by atoms with Crippen LogP contribution in [0.25, 0.3) is 10.9 Å². The number of likely N-dealkylation sites (N-methyl/N-ethyl adjacent to an activating group) is 1. The zero-order valence-corrected chi connectivity index (χ0v) is 17.5. The lowest BCUT2D eigenvalue weighted by atomic mass is 10.2. The number of nitrogens with zero attached hydrogens (tertiary/aromatic N) is 2. The van der Waals surface area contributed by atoms with E-state index in [0.29, 0.717) is 13.0 Å². The van der Waals surface area contributed by atoms with Crippen LogP contribution in [0.5, 0.6) is 5.75 Å². The first kappa shape index (κ1) is 27.0. The molecule has 0 fully saturated rings. The molecule has 32 heavy (non-hydrogen) atoms. The summed E-state index contributed by atoms with van der Waals surface area (Å²) < 4.78 is 75.1. The molecule has 3 aromatic rings. The second-order valence-corrected chi connectivity index (χ2v) is 6.65. The molecule has 0 aliphatic heterocycles. The van der Waals surface area contributed by atoms with E-state index in [-0.39, 0.29) is 11.6 Å². The molecule has 5 nitrogen and oxygen atoms in total. The maximum absolute atomic E-state index is 12.9. The fourth-order valence-electron chi connectivity index (χ4n) is 2.18. The van der Waals surface area contributed by atoms with E-state index in [1.165, 1.54) is 36.4 Å². The zero-order valence-electron chi connectivity index (χ0n) is 17.5. The quantitative estimate of drug-likeness (QED) is 0.417. The third kappa shape index (κ3) is 10.8. The van der Waals surface area contributed by atoms with E-state index >= 15 is 0 Å². The van der Waals surface area contributed by atoms with Crippen molar-refractivity contribution in [1.82, 2.24) is 15.1 Å². The first-order valence-electron chi connectivity index (χ1n) is 9.28. The number of carbonyl (C=O) groups is 1. The van der Waals surface area contributed by atoms with Gasteiger partial charge in [0.25, 0.3) is 5.92 Å². The number of aldehydes is 1. The summed E-state index contributed by atoms with van der Waals surface area (Å²) in [6.45, 7) is 3.41. The standard InChI is InChI=1S/C11H14FN3.C7H5F3O.C3H4F2O/c1-8(13-2)7-15-11-4-3-10(12)5-9(11)6-14-15;8-7(9,10)11-6-4-2-1-3-5-6;1-3(4,5)2-6/h3-6,8,13H,7H2,1-2H3;1-5H;2H,1H3. The molecule has 0 bridgehead atoms. The molecule has 1 N–H and O–H groups in total. The number of hydrogen-bond donors (Lipinski definition) is 1. The van der Waals surface area contributed by atoms with Crippen LogP contribution in [0.3, 0.4) is 0 Å². The van der Waals surface area contributed by atoms with Gasteiger partial charge in [0.15, 0.2) is 6.29 Å². The van der Waals surface area contributed by atoms with Crippen LogP contribution in [-0.4, -0.2) is 41.4 Å². The maximum Gasteiger partial charge on any atom is 0.573 e. The Kier molecular flexibility index (Phi) is 10.2. The molecule has 0 aliphatic rings. The zero-order chi connectivity index (χ0) is 24.4. The lowest BCUT2D eigenvalue weighted by molar-refractivity contribution is -0.274. The number of benzene rings is 2. The molecular formula is C21H23F6N3O2. The smallest absolute Gasteiger partial charge is 0.406 e. The summed E-state index contributed by atoms with van der Waals surface area (Å²) in [4.78, 5) is 9.08. The van der Waals surface area contributed by atoms with E-state index in [4.69, 9.17) is 4.79 Å². The van der Waals surface area contributed by atoms with Crippen LogP contribution in [-0.2, 0) is 11.3 Å². The monoisotopic (exact) mass is 463 g/mol. The number of carbonyl (C=O) groups excluding carboxylic acids is 1. The second-order valence-electron chi connectivity index (χ2n) is 6.65. The lowest BCUT2D eigenvalue weighted by Gasteiger charge is -2.10. The molecule has 11 heteroatoms. The average Bonchev–Trinajstić information content (AvgIpc) is 3.09. The Labute approximate surface area is 181 Å². The van der Waals surface area contributed by atoms with Gasteiger partial charge in [-0.1, -0.05) is 18.2 Å². The number of aromatic nitrogens is 2. The Bertz CT molecular complexity index is 956. The highest BCUT2D eigenvalue weighted by atomic mass is 19.4. The van der Waals surface area contributed by atoms with Crippen LogP contribution >= 0.6 is 0 Å². The van der Waals surface area contributed by atoms with Gasteiger partial charge in [0.05, 0.1) is 18.3 Å². The molecule has 0 amide bonds. The average molecular weight is 463 g/mol. The minimum absolute atomic E-state index is 0.194. The Morgan fingerprint density at radius 2 is 1.72 bits per heavy atom. The van der Waals surface area contributed by atoms with Crippen molar-refractivity contribution in [2.45, 2.75) is 38.7 Å². The Hall–Kier alpha value is -3.08. The van der Waals surface area contributed by atoms with Gasteiger partial charge in [-0.2, -0.15) is 13.9 Å². The molecule has 0 radical (unpaired) electrons. The SMILES string of the molecule is CC(F)(F)C=O.CNC(C)Cn1ncc2cc(F)ccc21.FC(F)(F)Oc1ccccc1. The normalized spacial score (nSPS) is 12.2. The van der Waals surface area contributed by atoms with Gasteiger partial charge in [0.2, 0.25) is 0 Å². The molecule has 0 spiro atoms. The molecule has 1 heterocycles. The molecule has 3 rings (SSSR count). The van der Waals surface area contributed by atoms with E-state index in [9.17, 15) is 26.3 Å². The lowest BCUT2D eigenvalue weighted by Crippen LogP contribution is -2.27. The number of hydrogen-bond acceptors (Lipinski definition) is 4. The highest BCUT2D eigenvalue weighted by Crippen LogP contribution is 2.21. The predicted octanol–water partition coefficient (Wildman–Crippen LogP) is 5.21. The Morgan fingerprint density at radius 3 is 2.22 bits per heavy atom. The summed E-state index contributed by atoms with van der Waals surface area (Å²) in [5, 5.41) is 8.22. The number of halogens is 6. The van der Waals surface area contributed by atoms with Gasteiger partial charge < -0.3 is 10.1 Å². The minimum Gasteiger partial charge on any atom is -0.406 e. The highest BCUT2D eigenvalue weighted by molar-refractivity contribution is 5.78. The van der Waals surface area contributed by atoms with Crippen molar-refractivity contribution in [3.8, 4) is 5.75 Å². The molecule has 2 aromatic carbocycles. The maximum atomic E-state index is 12.9. The van der Waals surface area contributed by atoms with Gasteiger partial charge in [-0.15, -0.1) is 13.2 Å². The van der Waals surface area contributed by atoms with Crippen molar-refractivity contribution in [2.24, 2.45) is 0 Å². The number of rotatable bonds is 5. The summed E-state index contributed by atoms with van der Waals surface area (Å²) in [5.74, 6) is -3.55. The molecule has 0 aliphatic carbocycles. The molecule has 0 saturated carbocycles. The largest absolute Gasteiger partial charge is 0.573 e. The molecule has 1 atom stereocenters. The topological polar surface area (TPSA) is 56.2 Å². The van der Waals surface area contributed by atoms with E-state index in [0.717, 1.165) is 17.4 Å². The third-order valence-corrected chi connectivity index (χ3v) is 3.73. The van der Waals surface area contributed by atoms with Gasteiger partial charge in [0.1, 0.15) is 11.6 Å². The van der Waals surface area contributed by atoms with E-state index in [2.05, 4.69) is 22.1 Å². The highest BCUT2D eigenvalue weighted by Gasteiger charge is 2.30. The van der Waals surface area contributed by atoms with Crippen molar-refractivity contribution < 1.29 is 35.9 Å². The number of alkyl halides is 5. The number of para-hydroxylation sites is 1. The summed E-state index contributed by atoms with van der Waals surface area (Å²) in [5.41, 5.74) is 0.971. The van der Waals surface area contributed by atoms with Crippen LogP contribution in [0.2, 0.25) is 0 Å². The number of fused-ring (bicyclic) bond motifs is 1. The number of ether oxygens (including phenoxy) is 1. The van der Waals surface area contributed by atoms with Crippen LogP contribution in [0.1, 0.15) is 13.8 Å². The van der Waals surface area contributed by atoms with E-state index < -0.39 is 18.6 Å². The van der Waals surface area contributed by atoms with Crippen LogP contribution < -0.4 is 10.1 Å². The first-order chi connectivity index (χ1) is 14.8. The van der Waals surface area contributed by atoms with Crippen LogP contribution in [0.15, 0.2) is 54.7 Å². The summed E-state index contributed by atoms with van der Waals surface area (Å²) in [6.07, 6.45) is -3.30. The van der Waals surface area contributed by atoms with Crippen molar-refractivity contribution in [1.29, 1.82) is 0 Å². The summed E-state index contributed by atoms with van der Waals surface area (Å²) in [7, 11) is 1.91. The fraction of sp³-hybridized carbons (Fsp3) is 0.333. The Morgan fingerprint density at radius 1 is 1.12 bits per heavy atom. The van der Waals surface area contributed by atoms with Gasteiger partial charge >= 0.3 is 6.36 Å². The molecular weight excluding hydrogens is 440 g/mol. The van der Waals surface area contributed by atoms with Crippen molar-refractivity contribution in [3.05, 3.63) is 60.5 Å². The Balaban J connectivity index is 0.000000265.